The van der Waals surface area contributed by atoms with Gasteiger partial charge in [0.1, 0.15) is 0 Å². The third-order valence-electron chi connectivity index (χ3n) is 10.5. The zero-order valence-electron chi connectivity index (χ0n) is 24.2. The molecular formula is C43H29N. The fourth-order valence-electron chi connectivity index (χ4n) is 8.90. The highest BCUT2D eigenvalue weighted by Gasteiger charge is 2.57. The molecule has 1 spiro atoms. The van der Waals surface area contributed by atoms with Crippen LogP contribution < -0.4 is 5.32 Å². The molecule has 1 N–H and O–H groups in total. The molecule has 10 rings (SSSR count). The molecule has 1 nitrogen and oxygen atoms in total. The van der Waals surface area contributed by atoms with Gasteiger partial charge in [-0.3, -0.25) is 0 Å². The van der Waals surface area contributed by atoms with E-state index in [1.54, 1.807) is 0 Å². The highest BCUT2D eigenvalue weighted by molar-refractivity contribution is 6.25. The van der Waals surface area contributed by atoms with Crippen LogP contribution in [0.3, 0.4) is 0 Å². The summed E-state index contributed by atoms with van der Waals surface area (Å²) in [4.78, 5) is 0. The summed E-state index contributed by atoms with van der Waals surface area (Å²) >= 11 is 0. The standard InChI is InChI=1S/C43H29N/c1-2-14-30-28(12-1)29-13-3-4-15-31(29)36-26-27(24-25-32(30)36)44-41-23-11-22-40-42(41)35-18-7-10-21-39(35)43(40)37-19-8-5-16-33(37)34-17-6-9-20-38(34)43/h1-26,33,37,44H. The van der Waals surface area contributed by atoms with E-state index in [4.69, 9.17) is 0 Å². The van der Waals surface area contributed by atoms with E-state index in [1.165, 1.54) is 65.7 Å². The van der Waals surface area contributed by atoms with Crippen molar-refractivity contribution >= 4 is 43.7 Å². The van der Waals surface area contributed by atoms with E-state index in [-0.39, 0.29) is 5.41 Å². The number of fused-ring (bicyclic) bond motifs is 16. The maximum atomic E-state index is 3.92. The fourth-order valence-corrected chi connectivity index (χ4v) is 8.90. The minimum absolute atomic E-state index is 0.218. The summed E-state index contributed by atoms with van der Waals surface area (Å²) < 4.78 is 0. The first-order valence-electron chi connectivity index (χ1n) is 15.6. The maximum Gasteiger partial charge on any atom is 0.0538 e. The second-order valence-electron chi connectivity index (χ2n) is 12.5. The monoisotopic (exact) mass is 559 g/mol. The first-order chi connectivity index (χ1) is 21.8. The number of hydrogen-bond donors (Lipinski definition) is 1. The molecule has 3 aliphatic carbocycles. The summed E-state index contributed by atoms with van der Waals surface area (Å²) in [6.07, 6.45) is 9.34. The van der Waals surface area contributed by atoms with Crippen molar-refractivity contribution in [2.75, 3.05) is 5.32 Å². The molecule has 0 heterocycles. The highest BCUT2D eigenvalue weighted by Crippen LogP contribution is 2.66. The van der Waals surface area contributed by atoms with E-state index in [2.05, 4.69) is 163 Å². The SMILES string of the molecule is C1=CC2c3ccccc3C3(c4ccccc4-c4c(Nc5ccc6c7ccccc7c7ccccc7c6c5)cccc43)C2C=C1. The first kappa shape index (κ1) is 24.1. The molecule has 3 unspecified atom stereocenters. The minimum atomic E-state index is -0.218. The Morgan fingerprint density at radius 3 is 1.89 bits per heavy atom. The van der Waals surface area contributed by atoms with Gasteiger partial charge in [-0.1, -0.05) is 140 Å². The maximum absolute atomic E-state index is 3.92. The molecule has 0 aliphatic heterocycles. The summed E-state index contributed by atoms with van der Waals surface area (Å²) in [7, 11) is 0. The van der Waals surface area contributed by atoms with Crippen LogP contribution in [0.5, 0.6) is 0 Å². The summed E-state index contributed by atoms with van der Waals surface area (Å²) in [5.74, 6) is 0.707. The van der Waals surface area contributed by atoms with Crippen LogP contribution in [0.2, 0.25) is 0 Å². The predicted octanol–water partition coefficient (Wildman–Crippen LogP) is 11.0. The molecule has 0 fully saturated rings. The quantitative estimate of drug-likeness (QED) is 0.208. The average Bonchev–Trinajstić information content (AvgIpc) is 3.57. The summed E-state index contributed by atoms with van der Waals surface area (Å²) in [6.45, 7) is 0. The van der Waals surface area contributed by atoms with Crippen LogP contribution in [0.25, 0.3) is 43.4 Å². The van der Waals surface area contributed by atoms with Crippen molar-refractivity contribution in [3.63, 3.8) is 0 Å². The second-order valence-corrected chi connectivity index (χ2v) is 12.5. The summed E-state index contributed by atoms with van der Waals surface area (Å²) in [5.41, 5.74) is 10.4. The van der Waals surface area contributed by atoms with Gasteiger partial charge in [-0.15, -0.1) is 0 Å². The Morgan fingerprint density at radius 1 is 0.477 bits per heavy atom. The van der Waals surface area contributed by atoms with Gasteiger partial charge >= 0.3 is 0 Å². The Labute approximate surface area is 256 Å². The van der Waals surface area contributed by atoms with E-state index in [0.29, 0.717) is 11.8 Å². The normalized spacial score (nSPS) is 20.6. The molecular weight excluding hydrogens is 530 g/mol. The average molecular weight is 560 g/mol. The van der Waals surface area contributed by atoms with Gasteiger partial charge in [-0.25, -0.2) is 0 Å². The van der Waals surface area contributed by atoms with Gasteiger partial charge < -0.3 is 5.32 Å². The highest BCUT2D eigenvalue weighted by atomic mass is 14.9. The Kier molecular flexibility index (Phi) is 4.82. The third kappa shape index (κ3) is 2.99. The zero-order valence-corrected chi connectivity index (χ0v) is 24.2. The molecule has 0 bridgehead atoms. The Hall–Kier alpha value is -5.40. The van der Waals surface area contributed by atoms with Crippen molar-refractivity contribution in [2.24, 2.45) is 5.92 Å². The number of rotatable bonds is 2. The van der Waals surface area contributed by atoms with Crippen LogP contribution in [0.4, 0.5) is 11.4 Å². The van der Waals surface area contributed by atoms with Gasteiger partial charge in [-0.05, 0) is 78.3 Å². The van der Waals surface area contributed by atoms with Gasteiger partial charge in [0.2, 0.25) is 0 Å². The lowest BCUT2D eigenvalue weighted by Gasteiger charge is -2.36. The van der Waals surface area contributed by atoms with Crippen LogP contribution in [0, 0.1) is 5.92 Å². The van der Waals surface area contributed by atoms with Crippen LogP contribution in [-0.4, -0.2) is 0 Å². The Bertz CT molecular complexity index is 2360. The van der Waals surface area contributed by atoms with Crippen molar-refractivity contribution in [1.29, 1.82) is 0 Å². The van der Waals surface area contributed by atoms with Gasteiger partial charge in [-0.2, -0.15) is 0 Å². The molecule has 0 radical (unpaired) electrons. The number of nitrogens with one attached hydrogen (secondary N) is 1. The van der Waals surface area contributed by atoms with E-state index in [9.17, 15) is 0 Å². The molecule has 3 atom stereocenters. The van der Waals surface area contributed by atoms with Gasteiger partial charge in [0.05, 0.1) is 5.41 Å². The molecule has 206 valence electrons. The molecule has 7 aromatic rings. The fraction of sp³-hybridized carbons (Fsp3) is 0.0698. The third-order valence-corrected chi connectivity index (χ3v) is 10.5. The smallest absolute Gasteiger partial charge is 0.0538 e. The lowest BCUT2D eigenvalue weighted by Crippen LogP contribution is -2.32. The molecule has 0 aromatic heterocycles. The molecule has 44 heavy (non-hydrogen) atoms. The predicted molar refractivity (Wildman–Crippen MR) is 185 cm³/mol. The van der Waals surface area contributed by atoms with E-state index in [1.807, 2.05) is 0 Å². The van der Waals surface area contributed by atoms with E-state index >= 15 is 0 Å². The Balaban J connectivity index is 1.20. The summed E-state index contributed by atoms with van der Waals surface area (Å²) in [5, 5.41) is 11.7. The lowest BCUT2D eigenvalue weighted by atomic mass is 9.65. The largest absolute Gasteiger partial charge is 0.355 e. The van der Waals surface area contributed by atoms with Gasteiger partial charge in [0.15, 0.2) is 0 Å². The van der Waals surface area contributed by atoms with Crippen LogP contribution >= 0.6 is 0 Å². The van der Waals surface area contributed by atoms with Gasteiger partial charge in [0.25, 0.3) is 0 Å². The Morgan fingerprint density at radius 2 is 1.09 bits per heavy atom. The molecule has 1 heteroatoms. The van der Waals surface area contributed by atoms with Crippen LogP contribution in [0.15, 0.2) is 158 Å². The summed E-state index contributed by atoms with van der Waals surface area (Å²) in [6, 6.07) is 49.6. The first-order valence-corrected chi connectivity index (χ1v) is 15.6. The zero-order chi connectivity index (χ0) is 28.8. The van der Waals surface area contributed by atoms with Crippen molar-refractivity contribution < 1.29 is 0 Å². The van der Waals surface area contributed by atoms with E-state index in [0.717, 1.165) is 11.4 Å². The lowest BCUT2D eigenvalue weighted by molar-refractivity contribution is 0.465. The molecule has 0 amide bonds. The van der Waals surface area contributed by atoms with Crippen LogP contribution in [-0.2, 0) is 5.41 Å². The number of benzene rings is 7. The van der Waals surface area contributed by atoms with Crippen molar-refractivity contribution in [2.45, 2.75) is 11.3 Å². The number of allylic oxidation sites excluding steroid dienone is 4. The van der Waals surface area contributed by atoms with E-state index < -0.39 is 0 Å². The number of anilines is 2. The molecule has 7 aromatic carbocycles. The minimum Gasteiger partial charge on any atom is -0.355 e. The van der Waals surface area contributed by atoms with Crippen molar-refractivity contribution in [1.82, 2.24) is 0 Å². The topological polar surface area (TPSA) is 12.0 Å². The molecule has 0 saturated heterocycles. The van der Waals surface area contributed by atoms with Crippen molar-refractivity contribution in [3.05, 3.63) is 180 Å². The number of hydrogen-bond acceptors (Lipinski definition) is 1. The second kappa shape index (κ2) is 8.81. The van der Waals surface area contributed by atoms with Crippen LogP contribution in [0.1, 0.15) is 28.2 Å². The van der Waals surface area contributed by atoms with Crippen molar-refractivity contribution in [3.8, 4) is 11.1 Å². The van der Waals surface area contributed by atoms with Gasteiger partial charge in [0, 0.05) is 28.8 Å². The molecule has 0 saturated carbocycles. The molecule has 3 aliphatic rings.